The number of nitrogens with zero attached hydrogens (tertiary/aromatic N) is 2. The van der Waals surface area contributed by atoms with E-state index in [1.54, 1.807) is 12.4 Å². The Morgan fingerprint density at radius 2 is 1.76 bits per heavy atom. The lowest BCUT2D eigenvalue weighted by molar-refractivity contribution is 0.668. The van der Waals surface area contributed by atoms with Crippen LogP contribution in [0.4, 0.5) is 0 Å². The van der Waals surface area contributed by atoms with Crippen LogP contribution in [0.15, 0.2) is 53.2 Å². The van der Waals surface area contributed by atoms with Gasteiger partial charge in [0.25, 0.3) is 0 Å². The first kappa shape index (κ1) is 8.70. The van der Waals surface area contributed by atoms with E-state index in [0.717, 1.165) is 33.0 Å². The summed E-state index contributed by atoms with van der Waals surface area (Å²) in [7, 11) is 0. The lowest BCUT2D eigenvalue weighted by atomic mass is 10.1. The van der Waals surface area contributed by atoms with E-state index in [1.807, 2.05) is 36.4 Å². The first-order valence-electron chi connectivity index (χ1n) is 5.44. The van der Waals surface area contributed by atoms with Gasteiger partial charge in [-0.05, 0) is 30.3 Å². The molecule has 0 saturated heterocycles. The topological polar surface area (TPSA) is 38.9 Å². The molecule has 3 nitrogen and oxygen atoms in total. The Bertz CT molecular complexity index is 842. The quantitative estimate of drug-likeness (QED) is 0.455. The van der Waals surface area contributed by atoms with Crippen LogP contribution in [0.3, 0.4) is 0 Å². The minimum atomic E-state index is 0.817. The lowest BCUT2D eigenvalue weighted by Gasteiger charge is -1.95. The molecular weight excluding hydrogens is 212 g/mol. The van der Waals surface area contributed by atoms with Gasteiger partial charge in [0.2, 0.25) is 0 Å². The number of aromatic nitrogens is 2. The third kappa shape index (κ3) is 1.16. The minimum absolute atomic E-state index is 0.817. The number of pyridine rings is 2. The second kappa shape index (κ2) is 3.04. The van der Waals surface area contributed by atoms with Crippen LogP contribution in [0.5, 0.6) is 0 Å². The summed E-state index contributed by atoms with van der Waals surface area (Å²) in [6.07, 6.45) is 3.57. The molecule has 4 rings (SSSR count). The van der Waals surface area contributed by atoms with Crippen molar-refractivity contribution in [1.82, 2.24) is 9.97 Å². The fourth-order valence-corrected chi connectivity index (χ4v) is 2.16. The van der Waals surface area contributed by atoms with E-state index in [4.69, 9.17) is 4.42 Å². The van der Waals surface area contributed by atoms with Crippen LogP contribution in [0, 0.1) is 0 Å². The average Bonchev–Trinajstić information content (AvgIpc) is 2.73. The van der Waals surface area contributed by atoms with Crippen molar-refractivity contribution in [3.8, 4) is 0 Å². The van der Waals surface area contributed by atoms with Crippen LogP contribution >= 0.6 is 0 Å². The maximum Gasteiger partial charge on any atom is 0.153 e. The number of hydrogen-bond donors (Lipinski definition) is 0. The summed E-state index contributed by atoms with van der Waals surface area (Å²) in [6.45, 7) is 0. The zero-order chi connectivity index (χ0) is 11.2. The first-order chi connectivity index (χ1) is 8.42. The smallest absolute Gasteiger partial charge is 0.153 e. The van der Waals surface area contributed by atoms with Crippen molar-refractivity contribution >= 4 is 33.0 Å². The molecular formula is C14H8N2O. The Morgan fingerprint density at radius 1 is 0.882 bits per heavy atom. The van der Waals surface area contributed by atoms with Crippen LogP contribution in [0.25, 0.3) is 33.0 Å². The highest BCUT2D eigenvalue weighted by atomic mass is 16.3. The van der Waals surface area contributed by atoms with Crippen molar-refractivity contribution < 1.29 is 4.42 Å². The third-order valence-corrected chi connectivity index (χ3v) is 2.95. The molecule has 0 spiro atoms. The van der Waals surface area contributed by atoms with Crippen molar-refractivity contribution in [2.75, 3.05) is 0 Å². The Balaban J connectivity index is 2.28. The molecule has 0 aliphatic carbocycles. The van der Waals surface area contributed by atoms with Crippen molar-refractivity contribution in [2.45, 2.75) is 0 Å². The predicted molar refractivity (Wildman–Crippen MR) is 66.8 cm³/mol. The van der Waals surface area contributed by atoms with Crippen molar-refractivity contribution in [3.05, 3.63) is 48.8 Å². The summed E-state index contributed by atoms with van der Waals surface area (Å²) in [4.78, 5) is 8.70. The molecule has 0 amide bonds. The molecule has 3 heteroatoms. The largest absolute Gasteiger partial charge is 0.454 e. The van der Waals surface area contributed by atoms with E-state index in [9.17, 15) is 0 Å². The average molecular weight is 220 g/mol. The van der Waals surface area contributed by atoms with Gasteiger partial charge in [0.15, 0.2) is 5.58 Å². The number of rotatable bonds is 0. The van der Waals surface area contributed by atoms with Gasteiger partial charge in [-0.1, -0.05) is 6.07 Å². The van der Waals surface area contributed by atoms with Gasteiger partial charge >= 0.3 is 0 Å². The number of furan rings is 1. The van der Waals surface area contributed by atoms with Crippen LogP contribution < -0.4 is 0 Å². The first-order valence-corrected chi connectivity index (χ1v) is 5.44. The fourth-order valence-electron chi connectivity index (χ4n) is 2.16. The molecule has 0 unspecified atom stereocenters. The normalized spacial score (nSPS) is 11.5. The summed E-state index contributed by atoms with van der Waals surface area (Å²) in [6, 6.07) is 11.8. The van der Waals surface area contributed by atoms with Gasteiger partial charge in [-0.2, -0.15) is 0 Å². The molecule has 17 heavy (non-hydrogen) atoms. The summed E-state index contributed by atoms with van der Waals surface area (Å²) in [5, 5.41) is 2.10. The Hall–Kier alpha value is -2.42. The Labute approximate surface area is 96.7 Å². The van der Waals surface area contributed by atoms with Crippen LogP contribution in [0.2, 0.25) is 0 Å². The summed E-state index contributed by atoms with van der Waals surface area (Å²) in [5.41, 5.74) is 3.54. The SMILES string of the molecule is c1cnc2cc3c(cc2c1)oc1cccnc13. The molecule has 3 heterocycles. The van der Waals surface area contributed by atoms with Crippen LogP contribution in [-0.2, 0) is 0 Å². The number of fused-ring (bicyclic) bond motifs is 4. The molecule has 0 bridgehead atoms. The maximum atomic E-state index is 5.77. The third-order valence-electron chi connectivity index (χ3n) is 2.95. The van der Waals surface area contributed by atoms with Gasteiger partial charge in [0.1, 0.15) is 11.1 Å². The van der Waals surface area contributed by atoms with Crippen molar-refractivity contribution in [3.63, 3.8) is 0 Å². The fraction of sp³-hybridized carbons (Fsp3) is 0. The van der Waals surface area contributed by atoms with Crippen LogP contribution in [-0.4, -0.2) is 9.97 Å². The number of benzene rings is 1. The molecule has 80 valence electrons. The Morgan fingerprint density at radius 3 is 2.76 bits per heavy atom. The van der Waals surface area contributed by atoms with E-state index in [-0.39, 0.29) is 0 Å². The molecule has 0 radical (unpaired) electrons. The Kier molecular flexibility index (Phi) is 1.56. The molecule has 1 aromatic carbocycles. The van der Waals surface area contributed by atoms with Crippen LogP contribution in [0.1, 0.15) is 0 Å². The van der Waals surface area contributed by atoms with E-state index in [1.165, 1.54) is 0 Å². The molecule has 0 fully saturated rings. The molecule has 0 atom stereocenters. The predicted octanol–water partition coefficient (Wildman–Crippen LogP) is 3.53. The highest BCUT2D eigenvalue weighted by Crippen LogP contribution is 2.29. The van der Waals surface area contributed by atoms with Gasteiger partial charge in [0.05, 0.1) is 5.52 Å². The molecule has 3 aromatic heterocycles. The van der Waals surface area contributed by atoms with E-state index >= 15 is 0 Å². The van der Waals surface area contributed by atoms with Crippen molar-refractivity contribution in [2.24, 2.45) is 0 Å². The highest BCUT2D eigenvalue weighted by Gasteiger charge is 2.08. The molecule has 4 aromatic rings. The maximum absolute atomic E-state index is 5.77. The molecule has 0 saturated carbocycles. The monoisotopic (exact) mass is 220 g/mol. The number of hydrogen-bond acceptors (Lipinski definition) is 3. The zero-order valence-corrected chi connectivity index (χ0v) is 8.92. The van der Waals surface area contributed by atoms with Gasteiger partial charge in [-0.3, -0.25) is 9.97 Å². The van der Waals surface area contributed by atoms with Gasteiger partial charge < -0.3 is 4.42 Å². The van der Waals surface area contributed by atoms with Gasteiger partial charge in [-0.25, -0.2) is 0 Å². The summed E-state index contributed by atoms with van der Waals surface area (Å²) >= 11 is 0. The minimum Gasteiger partial charge on any atom is -0.454 e. The molecule has 0 aliphatic rings. The highest BCUT2D eigenvalue weighted by molar-refractivity contribution is 6.07. The second-order valence-electron chi connectivity index (χ2n) is 4.00. The summed E-state index contributed by atoms with van der Waals surface area (Å²) in [5.74, 6) is 0. The van der Waals surface area contributed by atoms with E-state index in [2.05, 4.69) is 9.97 Å². The standard InChI is InChI=1S/C14H8N2O/c1-3-9-7-13-10(8-11(9)15-5-1)14-12(17-13)4-2-6-16-14/h1-8H. The van der Waals surface area contributed by atoms with Crippen molar-refractivity contribution in [1.29, 1.82) is 0 Å². The van der Waals surface area contributed by atoms with Gasteiger partial charge in [0, 0.05) is 23.2 Å². The lowest BCUT2D eigenvalue weighted by Crippen LogP contribution is -1.77. The molecule has 0 aliphatic heterocycles. The second-order valence-corrected chi connectivity index (χ2v) is 4.00. The summed E-state index contributed by atoms with van der Waals surface area (Å²) < 4.78 is 5.77. The molecule has 0 N–H and O–H groups in total. The zero-order valence-electron chi connectivity index (χ0n) is 8.92. The van der Waals surface area contributed by atoms with E-state index in [0.29, 0.717) is 0 Å². The van der Waals surface area contributed by atoms with Gasteiger partial charge in [-0.15, -0.1) is 0 Å². The van der Waals surface area contributed by atoms with E-state index < -0.39 is 0 Å².